The van der Waals surface area contributed by atoms with Gasteiger partial charge >= 0.3 is 6.09 Å². The van der Waals surface area contributed by atoms with Crippen molar-refractivity contribution in [3.8, 4) is 0 Å². The summed E-state index contributed by atoms with van der Waals surface area (Å²) in [5.41, 5.74) is -0.153. The summed E-state index contributed by atoms with van der Waals surface area (Å²) in [7, 11) is 0. The van der Waals surface area contributed by atoms with Gasteiger partial charge in [-0.15, -0.1) is 0 Å². The van der Waals surface area contributed by atoms with Crippen molar-refractivity contribution in [2.24, 2.45) is 0 Å². The highest BCUT2D eigenvalue weighted by atomic mass is 32.1. The van der Waals surface area contributed by atoms with Crippen LogP contribution in [0.15, 0.2) is 11.4 Å². The molecule has 0 saturated heterocycles. The molecule has 1 fully saturated rings. The van der Waals surface area contributed by atoms with Crippen LogP contribution < -0.4 is 5.32 Å². The van der Waals surface area contributed by atoms with E-state index in [2.05, 4.69) is 10.2 Å². The van der Waals surface area contributed by atoms with Crippen molar-refractivity contribution in [2.75, 3.05) is 0 Å². The van der Waals surface area contributed by atoms with Gasteiger partial charge in [0.2, 0.25) is 0 Å². The van der Waals surface area contributed by atoms with E-state index in [9.17, 15) is 4.79 Å². The Morgan fingerprint density at radius 1 is 1.56 bits per heavy atom. The van der Waals surface area contributed by atoms with E-state index in [1.54, 1.807) is 0 Å². The first kappa shape index (κ1) is 12.9. The van der Waals surface area contributed by atoms with Crippen molar-refractivity contribution in [3.63, 3.8) is 0 Å². The van der Waals surface area contributed by atoms with Crippen LogP contribution in [0.3, 0.4) is 0 Å². The molecule has 0 atom stereocenters. The van der Waals surface area contributed by atoms with Crippen LogP contribution in [0.4, 0.5) is 10.5 Å². The third-order valence-electron chi connectivity index (χ3n) is 2.68. The maximum Gasteiger partial charge on any atom is 0.408 e. The Kier molecular flexibility index (Phi) is 3.07. The number of carbonyl (C=O) groups is 1. The second-order valence-corrected chi connectivity index (χ2v) is 6.40. The van der Waals surface area contributed by atoms with Crippen LogP contribution in [0.2, 0.25) is 0 Å². The first-order valence-electron chi connectivity index (χ1n) is 5.82. The van der Waals surface area contributed by atoms with E-state index in [0.29, 0.717) is 5.69 Å². The van der Waals surface area contributed by atoms with Crippen molar-refractivity contribution >= 4 is 23.1 Å². The Bertz CT molecular complexity index is 504. The third-order valence-corrected chi connectivity index (χ3v) is 3.80. The minimum absolute atomic E-state index is 0.296. The highest BCUT2D eigenvalue weighted by Crippen LogP contribution is 2.49. The summed E-state index contributed by atoms with van der Waals surface area (Å²) in [5.74, 6) is 0. The van der Waals surface area contributed by atoms with Crippen LogP contribution in [0.5, 0.6) is 0 Å². The first-order valence-corrected chi connectivity index (χ1v) is 6.70. The zero-order chi connectivity index (χ0) is 13.4. The molecule has 5 heteroatoms. The van der Waals surface area contributed by atoms with Gasteiger partial charge in [0.05, 0.1) is 12.1 Å². The number of nitrogens with one attached hydrogen (secondary N) is 1. The van der Waals surface area contributed by atoms with Crippen molar-refractivity contribution in [1.82, 2.24) is 5.32 Å². The molecule has 1 N–H and O–H groups in total. The third kappa shape index (κ3) is 2.82. The number of hydrogen-bond donors (Lipinski definition) is 1. The topological polar surface area (TPSA) is 42.7 Å². The summed E-state index contributed by atoms with van der Waals surface area (Å²) in [6.07, 6.45) is 1.42. The molecule has 0 unspecified atom stereocenters. The Balaban J connectivity index is 2.05. The molecule has 18 heavy (non-hydrogen) atoms. The van der Waals surface area contributed by atoms with Gasteiger partial charge in [0.1, 0.15) is 5.60 Å². The molecule has 0 spiro atoms. The molecule has 96 valence electrons. The van der Waals surface area contributed by atoms with Crippen LogP contribution in [0.1, 0.15) is 38.5 Å². The lowest BCUT2D eigenvalue weighted by atomic mass is 10.2. The summed E-state index contributed by atoms with van der Waals surface area (Å²) in [6.45, 7) is 12.5. The van der Waals surface area contributed by atoms with Gasteiger partial charge in [0.25, 0.3) is 0 Å². The highest BCUT2D eigenvalue weighted by molar-refractivity contribution is 7.10. The second-order valence-electron chi connectivity index (χ2n) is 5.49. The number of alkyl carbamates (subject to hydrolysis) is 1. The summed E-state index contributed by atoms with van der Waals surface area (Å²) < 4.78 is 5.26. The maximum atomic E-state index is 11.8. The van der Waals surface area contributed by atoms with Crippen LogP contribution in [0.25, 0.3) is 4.85 Å². The van der Waals surface area contributed by atoms with Crippen molar-refractivity contribution in [1.29, 1.82) is 0 Å². The number of thiophene rings is 1. The number of carbonyl (C=O) groups excluding carboxylic acids is 1. The van der Waals surface area contributed by atoms with Crippen LogP contribution >= 0.6 is 11.3 Å². The Hall–Kier alpha value is -1.54. The van der Waals surface area contributed by atoms with Crippen LogP contribution in [0, 0.1) is 6.57 Å². The molecule has 1 saturated carbocycles. The van der Waals surface area contributed by atoms with Gasteiger partial charge in [-0.2, -0.15) is 11.3 Å². The van der Waals surface area contributed by atoms with Crippen molar-refractivity contribution in [2.45, 2.75) is 44.8 Å². The molecule has 1 heterocycles. The molecule has 1 aliphatic carbocycles. The summed E-state index contributed by atoms with van der Waals surface area (Å²) in [6, 6.07) is 1.85. The molecule has 0 bridgehead atoms. The van der Waals surface area contributed by atoms with Gasteiger partial charge in [0.15, 0.2) is 5.69 Å². The quantitative estimate of drug-likeness (QED) is 0.825. The average Bonchev–Trinajstić information content (AvgIpc) is 2.85. The fraction of sp³-hybridized carbons (Fsp3) is 0.538. The predicted molar refractivity (Wildman–Crippen MR) is 70.9 cm³/mol. The molecule has 2 rings (SSSR count). The van der Waals surface area contributed by atoms with Gasteiger partial charge in [0, 0.05) is 4.88 Å². The molecule has 0 aliphatic heterocycles. The predicted octanol–water partition coefficient (Wildman–Crippen LogP) is 3.81. The molecule has 0 aromatic carbocycles. The molecule has 1 amide bonds. The average molecular weight is 264 g/mol. The number of hydrogen-bond acceptors (Lipinski definition) is 3. The fourth-order valence-corrected chi connectivity index (χ4v) is 2.73. The van der Waals surface area contributed by atoms with E-state index in [4.69, 9.17) is 11.3 Å². The minimum atomic E-state index is -0.489. The molecule has 0 radical (unpaired) electrons. The lowest BCUT2D eigenvalue weighted by Crippen LogP contribution is -2.38. The first-order chi connectivity index (χ1) is 8.35. The Morgan fingerprint density at radius 2 is 2.22 bits per heavy atom. The largest absolute Gasteiger partial charge is 0.444 e. The van der Waals surface area contributed by atoms with E-state index in [-0.39, 0.29) is 5.54 Å². The standard InChI is InChI=1S/C13H16N2O2S/c1-12(2,3)17-11(16)15-13(5-6-13)10-7-9(14-4)8-18-10/h7-8H,5-6H2,1-3H3,(H,15,16). The second kappa shape index (κ2) is 4.29. The zero-order valence-electron chi connectivity index (χ0n) is 10.7. The van der Waals surface area contributed by atoms with Crippen LogP contribution in [-0.2, 0) is 10.3 Å². The molecule has 1 aliphatic rings. The Morgan fingerprint density at radius 3 is 2.67 bits per heavy atom. The van der Waals surface area contributed by atoms with E-state index >= 15 is 0 Å². The van der Waals surface area contributed by atoms with Gasteiger partial charge in [-0.1, -0.05) is 0 Å². The highest BCUT2D eigenvalue weighted by Gasteiger charge is 2.47. The number of ether oxygens (including phenoxy) is 1. The summed E-state index contributed by atoms with van der Waals surface area (Å²) in [5, 5.41) is 4.74. The van der Waals surface area contributed by atoms with Gasteiger partial charge in [-0.25, -0.2) is 9.64 Å². The zero-order valence-corrected chi connectivity index (χ0v) is 11.6. The van der Waals surface area contributed by atoms with Crippen molar-refractivity contribution in [3.05, 3.63) is 27.7 Å². The molecular weight excluding hydrogens is 248 g/mol. The summed E-state index contributed by atoms with van der Waals surface area (Å²) >= 11 is 1.52. The number of amides is 1. The molecule has 1 aromatic rings. The minimum Gasteiger partial charge on any atom is -0.444 e. The monoisotopic (exact) mass is 264 g/mol. The molecular formula is C13H16N2O2S. The van der Waals surface area contributed by atoms with Gasteiger partial charge < -0.3 is 10.1 Å². The maximum absolute atomic E-state index is 11.8. The number of nitrogens with zero attached hydrogens (tertiary/aromatic N) is 1. The van der Waals surface area contributed by atoms with Gasteiger partial charge in [-0.3, -0.25) is 0 Å². The Labute approximate surface area is 111 Å². The SMILES string of the molecule is [C-]#[N+]c1csc(C2(NC(=O)OC(C)(C)C)CC2)c1. The van der Waals surface area contributed by atoms with Crippen molar-refractivity contribution < 1.29 is 9.53 Å². The summed E-state index contributed by atoms with van der Waals surface area (Å²) in [4.78, 5) is 16.2. The lowest BCUT2D eigenvalue weighted by molar-refractivity contribution is 0.0496. The smallest absolute Gasteiger partial charge is 0.408 e. The van der Waals surface area contributed by atoms with Crippen LogP contribution in [-0.4, -0.2) is 11.7 Å². The molecule has 1 aromatic heterocycles. The van der Waals surface area contributed by atoms with E-state index < -0.39 is 11.7 Å². The van der Waals surface area contributed by atoms with E-state index in [1.807, 2.05) is 32.2 Å². The van der Waals surface area contributed by atoms with Gasteiger partial charge in [-0.05, 0) is 45.1 Å². The molecule has 4 nitrogen and oxygen atoms in total. The lowest BCUT2D eigenvalue weighted by Gasteiger charge is -2.23. The van der Waals surface area contributed by atoms with E-state index in [0.717, 1.165) is 17.7 Å². The van der Waals surface area contributed by atoms with E-state index in [1.165, 1.54) is 11.3 Å². The fourth-order valence-electron chi connectivity index (χ4n) is 1.69. The number of rotatable bonds is 2. The normalized spacial score (nSPS) is 16.8.